The summed E-state index contributed by atoms with van der Waals surface area (Å²) in [5.41, 5.74) is 0. The number of ether oxygens (including phenoxy) is 2. The van der Waals surface area contributed by atoms with Crippen molar-refractivity contribution in [1.29, 1.82) is 0 Å². The van der Waals surface area contributed by atoms with E-state index in [9.17, 15) is 9.59 Å². The minimum atomic E-state index is -0.706. The van der Waals surface area contributed by atoms with E-state index in [0.717, 1.165) is 5.75 Å². The van der Waals surface area contributed by atoms with Crippen LogP contribution in [0.4, 0.5) is 4.79 Å². The van der Waals surface area contributed by atoms with Crippen molar-refractivity contribution in [1.82, 2.24) is 5.32 Å². The van der Waals surface area contributed by atoms with Crippen molar-refractivity contribution in [3.63, 3.8) is 0 Å². The van der Waals surface area contributed by atoms with Crippen LogP contribution < -0.4 is 5.32 Å². The number of terminal acetylenes is 1. The van der Waals surface area contributed by atoms with Crippen LogP contribution >= 0.6 is 11.8 Å². The van der Waals surface area contributed by atoms with Crippen molar-refractivity contribution in [2.45, 2.75) is 19.4 Å². The number of alkyl carbamates (subject to hydrolysis) is 1. The van der Waals surface area contributed by atoms with Crippen molar-refractivity contribution < 1.29 is 19.1 Å². The van der Waals surface area contributed by atoms with Gasteiger partial charge in [0.15, 0.2) is 6.61 Å². The highest BCUT2D eigenvalue weighted by atomic mass is 32.2. The van der Waals surface area contributed by atoms with Crippen LogP contribution in [0.25, 0.3) is 0 Å². The van der Waals surface area contributed by atoms with Crippen molar-refractivity contribution in [3.05, 3.63) is 0 Å². The predicted molar refractivity (Wildman–Crippen MR) is 66.7 cm³/mol. The fraction of sp³-hybridized carbons (Fsp3) is 0.636. The summed E-state index contributed by atoms with van der Waals surface area (Å²) in [6.07, 6.45) is 6.65. The van der Waals surface area contributed by atoms with Gasteiger partial charge in [-0.15, -0.1) is 6.42 Å². The Bertz CT molecular complexity index is 288. The molecule has 6 heteroatoms. The minimum absolute atomic E-state index is 0.121. The van der Waals surface area contributed by atoms with Gasteiger partial charge in [-0.25, -0.2) is 9.59 Å². The highest BCUT2D eigenvalue weighted by Crippen LogP contribution is 2.03. The Hall–Kier alpha value is -1.35. The van der Waals surface area contributed by atoms with Gasteiger partial charge in [-0.3, -0.25) is 0 Å². The van der Waals surface area contributed by atoms with E-state index in [4.69, 9.17) is 11.2 Å². The monoisotopic (exact) mass is 259 g/mol. The largest absolute Gasteiger partial charge is 0.464 e. The molecule has 1 N–H and O–H groups in total. The molecule has 0 aromatic heterocycles. The van der Waals surface area contributed by atoms with Gasteiger partial charge in [0, 0.05) is 0 Å². The van der Waals surface area contributed by atoms with E-state index in [1.165, 1.54) is 0 Å². The topological polar surface area (TPSA) is 64.6 Å². The maximum atomic E-state index is 11.5. The van der Waals surface area contributed by atoms with Crippen LogP contribution in [0.5, 0.6) is 0 Å². The zero-order chi connectivity index (χ0) is 13.1. The summed E-state index contributed by atoms with van der Waals surface area (Å²) in [5.74, 6) is 2.44. The molecule has 0 heterocycles. The highest BCUT2D eigenvalue weighted by molar-refractivity contribution is 7.98. The van der Waals surface area contributed by atoms with Crippen LogP contribution in [0.2, 0.25) is 0 Å². The Balaban J connectivity index is 4.22. The molecule has 0 aliphatic rings. The molecule has 0 bridgehead atoms. The number of carbonyl (C=O) groups excluding carboxylic acids is 2. The molecule has 0 aromatic rings. The van der Waals surface area contributed by atoms with Gasteiger partial charge in [0.25, 0.3) is 0 Å². The van der Waals surface area contributed by atoms with Crippen molar-refractivity contribution in [2.24, 2.45) is 0 Å². The first kappa shape index (κ1) is 15.7. The Morgan fingerprint density at radius 3 is 2.71 bits per heavy atom. The zero-order valence-corrected chi connectivity index (χ0v) is 10.8. The van der Waals surface area contributed by atoms with Crippen LogP contribution in [0.15, 0.2) is 0 Å². The Kier molecular flexibility index (Phi) is 9.06. The predicted octanol–water partition coefficient (Wildman–Crippen LogP) is 1.03. The first-order chi connectivity index (χ1) is 8.15. The molecule has 0 fully saturated rings. The van der Waals surface area contributed by atoms with Crippen LogP contribution in [-0.4, -0.2) is 43.3 Å². The van der Waals surface area contributed by atoms with Gasteiger partial charge in [-0.1, -0.05) is 5.92 Å². The number of carbonyl (C=O) groups is 2. The molecule has 1 amide bonds. The Labute approximate surface area is 106 Å². The zero-order valence-electron chi connectivity index (χ0n) is 10.0. The average Bonchev–Trinajstić information content (AvgIpc) is 2.32. The lowest BCUT2D eigenvalue weighted by atomic mass is 10.2. The fourth-order valence-electron chi connectivity index (χ4n) is 1.02. The smallest absolute Gasteiger partial charge is 0.408 e. The van der Waals surface area contributed by atoms with Gasteiger partial charge in [0.05, 0.1) is 6.61 Å². The number of thioether (sulfide) groups is 1. The molecule has 0 radical (unpaired) electrons. The third kappa shape index (κ3) is 7.53. The van der Waals surface area contributed by atoms with Crippen molar-refractivity contribution in [2.75, 3.05) is 25.2 Å². The lowest BCUT2D eigenvalue weighted by Gasteiger charge is -2.16. The lowest BCUT2D eigenvalue weighted by molar-refractivity contribution is -0.145. The number of nitrogens with one attached hydrogen (secondary N) is 1. The van der Waals surface area contributed by atoms with Crippen molar-refractivity contribution >= 4 is 23.8 Å². The summed E-state index contributed by atoms with van der Waals surface area (Å²) in [7, 11) is 0. The first-order valence-corrected chi connectivity index (χ1v) is 6.57. The molecule has 0 saturated carbocycles. The molecule has 0 spiro atoms. The molecular weight excluding hydrogens is 242 g/mol. The van der Waals surface area contributed by atoms with E-state index < -0.39 is 18.1 Å². The first-order valence-electron chi connectivity index (χ1n) is 5.18. The summed E-state index contributed by atoms with van der Waals surface area (Å²) in [6, 6.07) is -0.687. The molecule has 5 nitrogen and oxygen atoms in total. The van der Waals surface area contributed by atoms with E-state index in [1.807, 2.05) is 6.26 Å². The van der Waals surface area contributed by atoms with E-state index in [-0.39, 0.29) is 13.2 Å². The molecule has 96 valence electrons. The third-order valence-corrected chi connectivity index (χ3v) is 2.40. The van der Waals surface area contributed by atoms with Gasteiger partial charge in [0.1, 0.15) is 6.04 Å². The third-order valence-electron chi connectivity index (χ3n) is 1.76. The average molecular weight is 259 g/mol. The SMILES string of the molecule is C#CCOC(=O)NC(CCSC)C(=O)OCC. The minimum Gasteiger partial charge on any atom is -0.464 e. The van der Waals surface area contributed by atoms with E-state index >= 15 is 0 Å². The van der Waals surface area contributed by atoms with Gasteiger partial charge < -0.3 is 14.8 Å². The van der Waals surface area contributed by atoms with Crippen LogP contribution in [0.3, 0.4) is 0 Å². The fourth-order valence-corrected chi connectivity index (χ4v) is 1.49. The summed E-state index contributed by atoms with van der Waals surface area (Å²) in [6.45, 7) is 1.86. The van der Waals surface area contributed by atoms with Gasteiger partial charge in [-0.2, -0.15) is 11.8 Å². The van der Waals surface area contributed by atoms with Gasteiger partial charge in [-0.05, 0) is 25.4 Å². The van der Waals surface area contributed by atoms with Gasteiger partial charge >= 0.3 is 12.1 Å². The maximum absolute atomic E-state index is 11.5. The number of amides is 1. The van der Waals surface area contributed by atoms with Crippen molar-refractivity contribution in [3.8, 4) is 12.3 Å². The molecular formula is C11H17NO4S. The Morgan fingerprint density at radius 2 is 2.18 bits per heavy atom. The second-order valence-corrected chi connectivity index (χ2v) is 4.00. The summed E-state index contributed by atoms with van der Waals surface area (Å²) in [5, 5.41) is 2.43. The maximum Gasteiger partial charge on any atom is 0.408 e. The molecule has 0 saturated heterocycles. The number of rotatable bonds is 7. The molecule has 1 unspecified atom stereocenters. The van der Waals surface area contributed by atoms with Gasteiger partial charge in [0.2, 0.25) is 0 Å². The quantitative estimate of drug-likeness (QED) is 0.546. The second kappa shape index (κ2) is 9.85. The molecule has 1 atom stereocenters. The summed E-state index contributed by atoms with van der Waals surface area (Å²) in [4.78, 5) is 22.8. The summed E-state index contributed by atoms with van der Waals surface area (Å²) < 4.78 is 9.48. The van der Waals surface area contributed by atoms with Crippen LogP contribution in [0, 0.1) is 12.3 Å². The standard InChI is InChI=1S/C11H17NO4S/c1-4-7-16-11(14)12-9(6-8-17-3)10(13)15-5-2/h1,9H,5-8H2,2-3H3,(H,12,14). The van der Waals surface area contributed by atoms with Crippen LogP contribution in [0.1, 0.15) is 13.3 Å². The Morgan fingerprint density at radius 1 is 1.47 bits per heavy atom. The number of hydrogen-bond donors (Lipinski definition) is 1. The number of esters is 1. The molecule has 0 aliphatic heterocycles. The second-order valence-electron chi connectivity index (χ2n) is 3.01. The molecule has 0 aliphatic carbocycles. The molecule has 0 rings (SSSR count). The molecule has 17 heavy (non-hydrogen) atoms. The molecule has 0 aromatic carbocycles. The lowest BCUT2D eigenvalue weighted by Crippen LogP contribution is -2.42. The van der Waals surface area contributed by atoms with E-state index in [0.29, 0.717) is 6.42 Å². The van der Waals surface area contributed by atoms with E-state index in [2.05, 4.69) is 16.0 Å². The van der Waals surface area contributed by atoms with Crippen LogP contribution in [-0.2, 0) is 14.3 Å². The highest BCUT2D eigenvalue weighted by Gasteiger charge is 2.21. The van der Waals surface area contributed by atoms with E-state index in [1.54, 1.807) is 18.7 Å². The number of hydrogen-bond acceptors (Lipinski definition) is 5. The normalized spacial score (nSPS) is 11.1. The summed E-state index contributed by atoms with van der Waals surface area (Å²) >= 11 is 1.58.